The fourth-order valence-corrected chi connectivity index (χ4v) is 1.94. The third-order valence-corrected chi connectivity index (χ3v) is 3.26. The van der Waals surface area contributed by atoms with Gasteiger partial charge in [0.05, 0.1) is 4.90 Å². The van der Waals surface area contributed by atoms with E-state index in [1.54, 1.807) is 0 Å². The van der Waals surface area contributed by atoms with E-state index in [9.17, 15) is 17.1 Å². The normalized spacial score (nSPS) is 12.2. The first-order valence-electron chi connectivity index (χ1n) is 6.17. The number of anilines is 1. The van der Waals surface area contributed by atoms with Crippen LogP contribution in [-0.4, -0.2) is 26.4 Å². The number of amides is 1. The Balaban J connectivity index is 2.51. The number of benzene rings is 1. The molecular weight excluding hydrogens is 283 g/mol. The molecule has 0 aromatic heterocycles. The molecule has 0 heterocycles. The summed E-state index contributed by atoms with van der Waals surface area (Å²) in [7, 11) is -4.70. The van der Waals surface area contributed by atoms with E-state index < -0.39 is 15.1 Å². The Labute approximate surface area is 118 Å². The van der Waals surface area contributed by atoms with Crippen LogP contribution in [0.4, 0.5) is 9.57 Å². The van der Waals surface area contributed by atoms with Crippen molar-refractivity contribution in [3.63, 3.8) is 0 Å². The smallest absolute Gasteiger partial charge is 0.326 e. The highest BCUT2D eigenvalue weighted by Gasteiger charge is 2.12. The summed E-state index contributed by atoms with van der Waals surface area (Å²) in [6.07, 6.45) is 0.292. The Kier molecular flexibility index (Phi) is 5.24. The van der Waals surface area contributed by atoms with Crippen molar-refractivity contribution >= 4 is 21.8 Å². The summed E-state index contributed by atoms with van der Waals surface area (Å²) in [5.41, 5.74) is 0.371. The minimum atomic E-state index is -4.70. The van der Waals surface area contributed by atoms with Crippen LogP contribution < -0.4 is 10.6 Å². The van der Waals surface area contributed by atoms with E-state index >= 15 is 0 Å². The molecule has 7 heteroatoms. The lowest BCUT2D eigenvalue weighted by Crippen LogP contribution is -2.37. The molecule has 1 aromatic carbocycles. The van der Waals surface area contributed by atoms with Crippen molar-refractivity contribution in [3.8, 4) is 0 Å². The summed E-state index contributed by atoms with van der Waals surface area (Å²) < 4.78 is 33.9. The van der Waals surface area contributed by atoms with Gasteiger partial charge in [-0.05, 0) is 45.0 Å². The topological polar surface area (TPSA) is 75.3 Å². The third-order valence-electron chi connectivity index (χ3n) is 2.43. The predicted molar refractivity (Wildman–Crippen MR) is 75.7 cm³/mol. The molecule has 0 aliphatic rings. The molecule has 0 saturated carbocycles. The van der Waals surface area contributed by atoms with Gasteiger partial charge in [0, 0.05) is 24.2 Å². The molecule has 0 atom stereocenters. The summed E-state index contributed by atoms with van der Waals surface area (Å²) >= 11 is 0. The maximum absolute atomic E-state index is 12.7. The molecule has 0 spiro atoms. The standard InChI is InChI=1S/C13H19FN2O3S/c1-13(2,3)15-9-8-12(17)16-10-4-6-11(7-5-10)20(14,18)19/h4-7,15H,8-9H2,1-3H3,(H,16,17). The Morgan fingerprint density at radius 3 is 2.20 bits per heavy atom. The van der Waals surface area contributed by atoms with Crippen molar-refractivity contribution in [2.24, 2.45) is 0 Å². The van der Waals surface area contributed by atoms with Gasteiger partial charge in [-0.1, -0.05) is 0 Å². The van der Waals surface area contributed by atoms with E-state index in [2.05, 4.69) is 10.6 Å². The monoisotopic (exact) mass is 302 g/mol. The van der Waals surface area contributed by atoms with Crippen LogP contribution in [-0.2, 0) is 15.0 Å². The van der Waals surface area contributed by atoms with Crippen molar-refractivity contribution < 1.29 is 17.1 Å². The highest BCUT2D eigenvalue weighted by atomic mass is 32.3. The fraction of sp³-hybridized carbons (Fsp3) is 0.462. The highest BCUT2D eigenvalue weighted by Crippen LogP contribution is 2.15. The second-order valence-electron chi connectivity index (χ2n) is 5.44. The zero-order valence-electron chi connectivity index (χ0n) is 11.7. The molecule has 0 radical (unpaired) electrons. The van der Waals surface area contributed by atoms with E-state index in [-0.39, 0.29) is 11.4 Å². The van der Waals surface area contributed by atoms with Gasteiger partial charge in [-0.15, -0.1) is 3.89 Å². The minimum Gasteiger partial charge on any atom is -0.326 e. The lowest BCUT2D eigenvalue weighted by Gasteiger charge is -2.20. The van der Waals surface area contributed by atoms with Crippen LogP contribution in [0.25, 0.3) is 0 Å². The van der Waals surface area contributed by atoms with Crippen LogP contribution in [0.15, 0.2) is 29.2 Å². The molecule has 0 aliphatic heterocycles. The Bertz CT molecular complexity index is 562. The molecule has 5 nitrogen and oxygen atoms in total. The maximum atomic E-state index is 12.7. The van der Waals surface area contributed by atoms with Gasteiger partial charge in [0.2, 0.25) is 5.91 Å². The first-order chi connectivity index (χ1) is 9.08. The molecule has 0 fully saturated rings. The molecule has 0 bridgehead atoms. The van der Waals surface area contributed by atoms with Gasteiger partial charge >= 0.3 is 10.2 Å². The molecule has 0 unspecified atom stereocenters. The first-order valence-corrected chi connectivity index (χ1v) is 7.56. The lowest BCUT2D eigenvalue weighted by molar-refractivity contribution is -0.116. The van der Waals surface area contributed by atoms with Gasteiger partial charge < -0.3 is 10.6 Å². The van der Waals surface area contributed by atoms with Crippen molar-refractivity contribution in [2.75, 3.05) is 11.9 Å². The number of hydrogen-bond donors (Lipinski definition) is 2. The number of rotatable bonds is 5. The zero-order chi connectivity index (χ0) is 15.4. The summed E-state index contributed by atoms with van der Waals surface area (Å²) in [5.74, 6) is -0.197. The van der Waals surface area contributed by atoms with Crippen LogP contribution >= 0.6 is 0 Å². The molecule has 1 rings (SSSR count). The van der Waals surface area contributed by atoms with E-state index in [0.717, 1.165) is 12.1 Å². The van der Waals surface area contributed by atoms with Gasteiger partial charge in [0.15, 0.2) is 0 Å². The Morgan fingerprint density at radius 1 is 1.20 bits per heavy atom. The second-order valence-corrected chi connectivity index (χ2v) is 6.78. The SMILES string of the molecule is CC(C)(C)NCCC(=O)Nc1ccc(S(=O)(=O)F)cc1. The van der Waals surface area contributed by atoms with Gasteiger partial charge in [0.1, 0.15) is 0 Å². The molecule has 112 valence electrons. The quantitative estimate of drug-likeness (QED) is 0.816. The first kappa shape index (κ1) is 16.6. The van der Waals surface area contributed by atoms with Crippen molar-refractivity contribution in [3.05, 3.63) is 24.3 Å². The van der Waals surface area contributed by atoms with Crippen LogP contribution in [0.3, 0.4) is 0 Å². The number of halogens is 1. The fourth-order valence-electron chi connectivity index (χ4n) is 1.48. The molecular formula is C13H19FN2O3S. The summed E-state index contributed by atoms with van der Waals surface area (Å²) in [5, 5.41) is 5.79. The van der Waals surface area contributed by atoms with E-state index in [1.807, 2.05) is 20.8 Å². The average molecular weight is 302 g/mol. The summed E-state index contributed by atoms with van der Waals surface area (Å²) in [6, 6.07) is 4.92. The number of nitrogens with one attached hydrogen (secondary N) is 2. The lowest BCUT2D eigenvalue weighted by atomic mass is 10.1. The van der Waals surface area contributed by atoms with Gasteiger partial charge in [-0.3, -0.25) is 4.79 Å². The van der Waals surface area contributed by atoms with Crippen LogP contribution in [0, 0.1) is 0 Å². The average Bonchev–Trinajstić information content (AvgIpc) is 2.26. The van der Waals surface area contributed by atoms with Crippen molar-refractivity contribution in [2.45, 2.75) is 37.6 Å². The van der Waals surface area contributed by atoms with Crippen molar-refractivity contribution in [1.29, 1.82) is 0 Å². The molecule has 2 N–H and O–H groups in total. The molecule has 1 aromatic rings. The van der Waals surface area contributed by atoms with Gasteiger partial charge in [0.25, 0.3) is 0 Å². The predicted octanol–water partition coefficient (Wildman–Crippen LogP) is 2.06. The van der Waals surface area contributed by atoms with Gasteiger partial charge in [-0.25, -0.2) is 0 Å². The van der Waals surface area contributed by atoms with Crippen LogP contribution in [0.5, 0.6) is 0 Å². The summed E-state index contributed by atoms with van der Waals surface area (Å²) in [4.78, 5) is 11.2. The highest BCUT2D eigenvalue weighted by molar-refractivity contribution is 7.86. The van der Waals surface area contributed by atoms with Gasteiger partial charge in [-0.2, -0.15) is 8.42 Å². The second kappa shape index (κ2) is 6.32. The Morgan fingerprint density at radius 2 is 1.75 bits per heavy atom. The summed E-state index contributed by atoms with van der Waals surface area (Å²) in [6.45, 7) is 6.54. The van der Waals surface area contributed by atoms with Crippen LogP contribution in [0.1, 0.15) is 27.2 Å². The molecule has 20 heavy (non-hydrogen) atoms. The number of carbonyl (C=O) groups is 1. The number of hydrogen-bond acceptors (Lipinski definition) is 4. The largest absolute Gasteiger partial charge is 0.332 e. The van der Waals surface area contributed by atoms with E-state index in [1.165, 1.54) is 12.1 Å². The maximum Gasteiger partial charge on any atom is 0.332 e. The van der Waals surface area contributed by atoms with Crippen LogP contribution in [0.2, 0.25) is 0 Å². The molecule has 0 aliphatic carbocycles. The number of carbonyl (C=O) groups excluding carboxylic acids is 1. The van der Waals surface area contributed by atoms with E-state index in [4.69, 9.17) is 0 Å². The Hall–Kier alpha value is -1.47. The minimum absolute atomic E-state index is 0.0581. The third kappa shape index (κ3) is 6.12. The molecule has 1 amide bonds. The molecule has 0 saturated heterocycles. The van der Waals surface area contributed by atoms with E-state index in [0.29, 0.717) is 18.7 Å². The zero-order valence-corrected chi connectivity index (χ0v) is 12.6. The van der Waals surface area contributed by atoms with Crippen molar-refractivity contribution in [1.82, 2.24) is 5.32 Å².